The van der Waals surface area contributed by atoms with Crippen molar-refractivity contribution >= 4 is 87.5 Å². The summed E-state index contributed by atoms with van der Waals surface area (Å²) in [5.74, 6) is 1.74. The van der Waals surface area contributed by atoms with E-state index in [2.05, 4.69) is 276 Å². The Bertz CT molecular complexity index is 5640. The van der Waals surface area contributed by atoms with E-state index in [-0.39, 0.29) is 5.92 Å². The van der Waals surface area contributed by atoms with Crippen molar-refractivity contribution in [2.45, 2.75) is 5.92 Å². The van der Waals surface area contributed by atoms with Crippen LogP contribution in [0.3, 0.4) is 0 Å². The Kier molecular flexibility index (Phi) is 10.7. The molecule has 89 heavy (non-hydrogen) atoms. The second kappa shape index (κ2) is 19.3. The zero-order chi connectivity index (χ0) is 58.3. The van der Waals surface area contributed by atoms with E-state index in [4.69, 9.17) is 23.8 Å². The minimum atomic E-state index is 0.0999. The van der Waals surface area contributed by atoms with Crippen LogP contribution in [0.15, 0.2) is 300 Å². The topological polar surface area (TPSA) is 74.8 Å². The molecular formula is C82H49N5O2. The zero-order valence-electron chi connectivity index (χ0n) is 47.8. The summed E-state index contributed by atoms with van der Waals surface area (Å²) in [4.78, 5) is 16.6. The highest BCUT2D eigenvalue weighted by Gasteiger charge is 2.31. The van der Waals surface area contributed by atoms with Crippen molar-refractivity contribution in [3.63, 3.8) is 0 Å². The second-order valence-electron chi connectivity index (χ2n) is 23.4. The van der Waals surface area contributed by atoms with Gasteiger partial charge in [-0.15, -0.1) is 0 Å². The molecule has 18 aromatic rings. The lowest BCUT2D eigenvalue weighted by Crippen LogP contribution is -2.01. The Labute approximate surface area is 510 Å². The summed E-state index contributed by atoms with van der Waals surface area (Å²) in [5.41, 5.74) is 23.1. The molecule has 1 aliphatic carbocycles. The highest BCUT2D eigenvalue weighted by Crippen LogP contribution is 2.50. The van der Waals surface area contributed by atoms with Gasteiger partial charge in [-0.1, -0.05) is 188 Å². The van der Waals surface area contributed by atoms with E-state index >= 15 is 0 Å². The van der Waals surface area contributed by atoms with E-state index in [0.29, 0.717) is 17.5 Å². The van der Waals surface area contributed by atoms with Crippen LogP contribution in [-0.2, 0) is 0 Å². The molecule has 0 N–H and O–H groups in total. The predicted molar refractivity (Wildman–Crippen MR) is 363 cm³/mol. The largest absolute Gasteiger partial charge is 0.456 e. The molecule has 5 heterocycles. The van der Waals surface area contributed by atoms with Gasteiger partial charge >= 0.3 is 0 Å². The van der Waals surface area contributed by atoms with Crippen LogP contribution >= 0.6 is 0 Å². The summed E-state index contributed by atoms with van der Waals surface area (Å²) < 4.78 is 18.2. The van der Waals surface area contributed by atoms with Crippen LogP contribution in [0.25, 0.3) is 166 Å². The fourth-order valence-corrected chi connectivity index (χ4v) is 14.5. The average molecular weight is 1140 g/mol. The van der Waals surface area contributed by atoms with Crippen molar-refractivity contribution in [2.75, 3.05) is 0 Å². The Hall–Kier alpha value is -11.9. The van der Waals surface area contributed by atoms with E-state index in [0.717, 1.165) is 105 Å². The number of furan rings is 2. The van der Waals surface area contributed by atoms with E-state index in [9.17, 15) is 0 Å². The first kappa shape index (κ1) is 49.3. The minimum Gasteiger partial charge on any atom is -0.456 e. The normalized spacial score (nSPS) is 13.1. The Morgan fingerprint density at radius 3 is 1.22 bits per heavy atom. The van der Waals surface area contributed by atoms with Crippen molar-refractivity contribution in [1.82, 2.24) is 24.1 Å². The maximum atomic E-state index is 6.77. The maximum absolute atomic E-state index is 6.77. The SMILES string of the molecule is c1ccc(C2c3ccccc3-c3cc(-c4nc(-c5cccc6oc7ccc(-c8ccc9c(c8)c8ccccc8n9-c8ccccc8)cc7c56)nc(-c5cccc6oc7ccc(-c8ccc9c(c8)c8ccccc8n9-c8ccccc8)cc7c56)n4)ccc32)cc1. The van der Waals surface area contributed by atoms with Gasteiger partial charge in [-0.25, -0.2) is 15.0 Å². The molecule has 7 nitrogen and oxygen atoms in total. The number of aromatic nitrogens is 5. The second-order valence-corrected chi connectivity index (χ2v) is 23.4. The first-order valence-electron chi connectivity index (χ1n) is 30.3. The van der Waals surface area contributed by atoms with E-state index in [1.807, 2.05) is 24.3 Å². The van der Waals surface area contributed by atoms with Crippen LogP contribution in [0.2, 0.25) is 0 Å². The number of benzene rings is 13. The van der Waals surface area contributed by atoms with Crippen LogP contribution in [0.5, 0.6) is 0 Å². The molecule has 0 aliphatic heterocycles. The lowest BCUT2D eigenvalue weighted by Gasteiger charge is -2.14. The van der Waals surface area contributed by atoms with Crippen molar-refractivity contribution in [3.8, 4) is 78.9 Å². The van der Waals surface area contributed by atoms with Gasteiger partial charge in [0.1, 0.15) is 22.3 Å². The number of rotatable bonds is 8. The van der Waals surface area contributed by atoms with Crippen LogP contribution in [0.1, 0.15) is 22.6 Å². The third kappa shape index (κ3) is 7.62. The van der Waals surface area contributed by atoms with Gasteiger partial charge in [0.05, 0.1) is 22.1 Å². The molecule has 1 aliphatic rings. The molecule has 414 valence electrons. The van der Waals surface area contributed by atoms with Crippen molar-refractivity contribution < 1.29 is 8.83 Å². The van der Waals surface area contributed by atoms with Crippen LogP contribution in [0, 0.1) is 0 Å². The Balaban J connectivity index is 0.796. The molecule has 19 rings (SSSR count). The van der Waals surface area contributed by atoms with Gasteiger partial charge in [-0.2, -0.15) is 0 Å². The number of fused-ring (bicyclic) bond motifs is 15. The summed E-state index contributed by atoms with van der Waals surface area (Å²) >= 11 is 0. The molecule has 0 bridgehead atoms. The first-order valence-corrected chi connectivity index (χ1v) is 30.3. The van der Waals surface area contributed by atoms with Gasteiger partial charge in [0.25, 0.3) is 0 Å². The summed E-state index contributed by atoms with van der Waals surface area (Å²) in [6.45, 7) is 0. The molecule has 0 amide bonds. The molecule has 0 saturated carbocycles. The summed E-state index contributed by atoms with van der Waals surface area (Å²) in [6.07, 6.45) is 0. The monoisotopic (exact) mass is 1140 g/mol. The third-order valence-electron chi connectivity index (χ3n) is 18.5. The average Bonchev–Trinajstić information content (AvgIpc) is 1.90. The third-order valence-corrected chi connectivity index (χ3v) is 18.5. The molecule has 0 spiro atoms. The molecule has 1 atom stereocenters. The van der Waals surface area contributed by atoms with Crippen molar-refractivity contribution in [3.05, 3.63) is 308 Å². The van der Waals surface area contributed by atoms with Gasteiger partial charge < -0.3 is 18.0 Å². The molecule has 5 aromatic heterocycles. The fourth-order valence-electron chi connectivity index (χ4n) is 14.5. The van der Waals surface area contributed by atoms with E-state index < -0.39 is 0 Å². The van der Waals surface area contributed by atoms with E-state index in [1.165, 1.54) is 60.4 Å². The maximum Gasteiger partial charge on any atom is 0.164 e. The molecule has 7 heteroatoms. The molecule has 0 radical (unpaired) electrons. The Morgan fingerprint density at radius 2 is 0.674 bits per heavy atom. The fraction of sp³-hybridized carbons (Fsp3) is 0.0122. The van der Waals surface area contributed by atoms with Gasteiger partial charge in [-0.05, 0) is 153 Å². The van der Waals surface area contributed by atoms with E-state index in [1.54, 1.807) is 0 Å². The number of nitrogens with zero attached hydrogens (tertiary/aromatic N) is 5. The molecular weight excluding hydrogens is 1090 g/mol. The molecule has 1 unspecified atom stereocenters. The summed E-state index contributed by atoms with van der Waals surface area (Å²) in [7, 11) is 0. The highest BCUT2D eigenvalue weighted by atomic mass is 16.3. The zero-order valence-corrected chi connectivity index (χ0v) is 47.8. The van der Waals surface area contributed by atoms with Crippen LogP contribution in [-0.4, -0.2) is 24.1 Å². The lowest BCUT2D eigenvalue weighted by molar-refractivity contribution is 0.668. The quantitative estimate of drug-likeness (QED) is 0.152. The molecule has 0 saturated heterocycles. The van der Waals surface area contributed by atoms with Crippen molar-refractivity contribution in [1.29, 1.82) is 0 Å². The standard InChI is InChI=1S/C82H49N5O2/c1-4-18-49(19-5-1)77-60-27-11-10-24-57(60)64-48-54(34-39-61(64)77)80-83-81(62-28-16-32-75-78(62)67-46-52(37-42-73(67)88-75)50-35-40-71-65(44-50)58-25-12-14-30-69(58)86(71)55-20-6-2-7-21-55)85-82(84-80)63-29-17-33-76-79(63)68-47-53(38-43-74(68)89-76)51-36-41-72-66(45-51)59-26-13-15-31-70(59)87(72)56-22-8-3-9-23-56/h1-48,77H. The van der Waals surface area contributed by atoms with Gasteiger partial charge in [0.2, 0.25) is 0 Å². The first-order chi connectivity index (χ1) is 44.1. The molecule has 0 fully saturated rings. The van der Waals surface area contributed by atoms with Crippen LogP contribution < -0.4 is 0 Å². The minimum absolute atomic E-state index is 0.0999. The van der Waals surface area contributed by atoms with Crippen LogP contribution in [0.4, 0.5) is 0 Å². The number of hydrogen-bond acceptors (Lipinski definition) is 5. The summed E-state index contributed by atoms with van der Waals surface area (Å²) in [5, 5.41) is 8.61. The van der Waals surface area contributed by atoms with Gasteiger partial charge in [0.15, 0.2) is 17.5 Å². The summed E-state index contributed by atoms with van der Waals surface area (Å²) in [6, 6.07) is 104. The predicted octanol–water partition coefficient (Wildman–Crippen LogP) is 21.4. The molecule has 13 aromatic carbocycles. The smallest absolute Gasteiger partial charge is 0.164 e. The van der Waals surface area contributed by atoms with Crippen molar-refractivity contribution in [2.24, 2.45) is 0 Å². The lowest BCUT2D eigenvalue weighted by atomic mass is 9.89. The van der Waals surface area contributed by atoms with Gasteiger partial charge in [-0.3, -0.25) is 0 Å². The number of para-hydroxylation sites is 4. The highest BCUT2D eigenvalue weighted by molar-refractivity contribution is 6.16. The number of hydrogen-bond donors (Lipinski definition) is 0. The van der Waals surface area contributed by atoms with Gasteiger partial charge in [0, 0.05) is 77.1 Å². The Morgan fingerprint density at radius 1 is 0.258 bits per heavy atom.